The smallest absolute Gasteiger partial charge is 0.411 e. The van der Waals surface area contributed by atoms with E-state index in [0.717, 1.165) is 4.68 Å². The molecule has 1 aliphatic heterocycles. The molecule has 0 saturated heterocycles. The number of nitrogens with zero attached hydrogens (tertiary/aromatic N) is 3. The Morgan fingerprint density at radius 2 is 1.90 bits per heavy atom. The number of benzene rings is 2. The average molecular weight is 446 g/mol. The fraction of sp³-hybridized carbons (Fsp3) is 0.0556. The number of hydrogen-bond donors (Lipinski definition) is 2. The molecule has 2 aromatic carbocycles. The van der Waals surface area contributed by atoms with Gasteiger partial charge in [-0.25, -0.2) is 9.59 Å². The number of aromatic nitrogens is 3. The van der Waals surface area contributed by atoms with Crippen molar-refractivity contribution in [2.45, 2.75) is 6.61 Å². The number of ether oxygens (including phenoxy) is 2. The number of amides is 1. The van der Waals surface area contributed by atoms with Crippen LogP contribution in [0, 0.1) is 11.3 Å². The normalized spacial score (nSPS) is 12.4. The minimum Gasteiger partial charge on any atom is -0.454 e. The van der Waals surface area contributed by atoms with Gasteiger partial charge in [-0.15, -0.1) is 5.10 Å². The van der Waals surface area contributed by atoms with Crippen molar-refractivity contribution in [3.8, 4) is 23.3 Å². The summed E-state index contributed by atoms with van der Waals surface area (Å²) < 4.78 is 11.5. The summed E-state index contributed by atoms with van der Waals surface area (Å²) in [6.45, 7) is 0.0841. The Morgan fingerprint density at radius 3 is 2.60 bits per heavy atom. The highest BCUT2D eigenvalue weighted by atomic mass is 35.5. The van der Waals surface area contributed by atoms with Gasteiger partial charge in [-0.1, -0.05) is 23.2 Å². The first-order valence-corrected chi connectivity index (χ1v) is 8.99. The van der Waals surface area contributed by atoms with Gasteiger partial charge >= 0.3 is 11.8 Å². The summed E-state index contributed by atoms with van der Waals surface area (Å²) >= 11 is 12.6. The highest BCUT2D eigenvalue weighted by molar-refractivity contribution is 6.37. The van der Waals surface area contributed by atoms with Gasteiger partial charge in [0.1, 0.15) is 18.4 Å². The number of hydrogen-bond acceptors (Lipinski definition) is 7. The van der Waals surface area contributed by atoms with Crippen LogP contribution in [0.5, 0.6) is 11.5 Å². The van der Waals surface area contributed by atoms with Crippen LogP contribution in [0.4, 0.5) is 10.5 Å². The number of aromatic amines is 1. The van der Waals surface area contributed by atoms with Gasteiger partial charge in [0.2, 0.25) is 5.69 Å². The van der Waals surface area contributed by atoms with Crippen molar-refractivity contribution in [1.82, 2.24) is 14.8 Å². The number of fused-ring (bicyclic) bond motifs is 1. The molecule has 0 unspecified atom stereocenters. The number of H-pyrrole nitrogens is 1. The molecule has 1 amide bonds. The van der Waals surface area contributed by atoms with Gasteiger partial charge in [-0.2, -0.15) is 9.94 Å². The molecule has 1 aliphatic rings. The van der Waals surface area contributed by atoms with Crippen LogP contribution in [0.1, 0.15) is 11.3 Å². The van der Waals surface area contributed by atoms with Crippen molar-refractivity contribution < 1.29 is 14.3 Å². The Morgan fingerprint density at radius 1 is 1.17 bits per heavy atom. The van der Waals surface area contributed by atoms with Gasteiger partial charge in [0.25, 0.3) is 5.56 Å². The van der Waals surface area contributed by atoms with Gasteiger partial charge in [-0.05, 0) is 30.3 Å². The number of cyclic esters (lactones) is 1. The molecule has 12 heteroatoms. The van der Waals surface area contributed by atoms with Crippen LogP contribution in [0.3, 0.4) is 0 Å². The van der Waals surface area contributed by atoms with E-state index in [4.69, 9.17) is 37.9 Å². The Bertz CT molecular complexity index is 1340. The predicted octanol–water partition coefficient (Wildman–Crippen LogP) is 2.95. The fourth-order valence-corrected chi connectivity index (χ4v) is 3.25. The number of anilines is 1. The summed E-state index contributed by atoms with van der Waals surface area (Å²) in [7, 11) is 0. The number of carbonyl (C=O) groups is 1. The number of carbonyl (C=O) groups excluding carboxylic acids is 1. The van der Waals surface area contributed by atoms with Crippen molar-refractivity contribution in [2.75, 3.05) is 5.32 Å². The molecule has 150 valence electrons. The zero-order valence-corrected chi connectivity index (χ0v) is 16.2. The summed E-state index contributed by atoms with van der Waals surface area (Å²) in [6, 6.07) is 9.20. The van der Waals surface area contributed by atoms with E-state index >= 15 is 0 Å². The molecule has 2 heterocycles. The molecule has 0 fully saturated rings. The van der Waals surface area contributed by atoms with Crippen LogP contribution in [0.25, 0.3) is 5.69 Å². The first-order valence-electron chi connectivity index (χ1n) is 8.23. The van der Waals surface area contributed by atoms with E-state index in [1.54, 1.807) is 24.3 Å². The molecule has 0 spiro atoms. The lowest BCUT2D eigenvalue weighted by Crippen LogP contribution is -2.33. The van der Waals surface area contributed by atoms with Crippen molar-refractivity contribution >= 4 is 35.0 Å². The maximum absolute atomic E-state index is 12.0. The van der Waals surface area contributed by atoms with Crippen LogP contribution in [-0.2, 0) is 11.3 Å². The van der Waals surface area contributed by atoms with E-state index in [1.165, 1.54) is 12.1 Å². The van der Waals surface area contributed by atoms with Gasteiger partial charge in [0.05, 0.1) is 21.4 Å². The second-order valence-corrected chi connectivity index (χ2v) is 6.81. The molecule has 0 radical (unpaired) electrons. The van der Waals surface area contributed by atoms with E-state index in [-0.39, 0.29) is 28.1 Å². The summed E-state index contributed by atoms with van der Waals surface area (Å²) in [5.74, 6) is 0.497. The second-order valence-electron chi connectivity index (χ2n) is 5.99. The van der Waals surface area contributed by atoms with E-state index in [2.05, 4.69) is 10.4 Å². The van der Waals surface area contributed by atoms with Gasteiger partial charge in [-0.3, -0.25) is 15.1 Å². The van der Waals surface area contributed by atoms with E-state index in [1.807, 2.05) is 4.98 Å². The molecule has 2 N–H and O–H groups in total. The molecular weight excluding hydrogens is 437 g/mol. The lowest BCUT2D eigenvalue weighted by molar-refractivity contribution is 0.151. The molecule has 0 aliphatic carbocycles. The Hall–Kier alpha value is -3.81. The van der Waals surface area contributed by atoms with Crippen molar-refractivity contribution in [3.63, 3.8) is 0 Å². The molecule has 4 rings (SSSR count). The predicted molar refractivity (Wildman–Crippen MR) is 106 cm³/mol. The van der Waals surface area contributed by atoms with Crippen LogP contribution < -0.4 is 21.3 Å². The van der Waals surface area contributed by atoms with E-state index in [9.17, 15) is 14.4 Å². The monoisotopic (exact) mass is 445 g/mol. The summed E-state index contributed by atoms with van der Waals surface area (Å²) in [5, 5.41) is 15.3. The Labute approximate surface area is 177 Å². The van der Waals surface area contributed by atoms with E-state index in [0.29, 0.717) is 17.0 Å². The first-order chi connectivity index (χ1) is 14.4. The largest absolute Gasteiger partial charge is 0.454 e. The number of nitrogens with one attached hydrogen (secondary N) is 2. The second kappa shape index (κ2) is 7.55. The maximum Gasteiger partial charge on any atom is 0.411 e. The third-order valence-corrected chi connectivity index (χ3v) is 4.62. The number of nitriles is 1. The molecule has 0 saturated carbocycles. The third-order valence-electron chi connectivity index (χ3n) is 4.05. The molecule has 0 atom stereocenters. The van der Waals surface area contributed by atoms with Gasteiger partial charge in [0, 0.05) is 5.56 Å². The SMILES string of the molecule is N#Cc1nn(-c2cc(Cl)c(Oc3ccc4c(c3)COC(=O)N4)c(Cl)c2)c(=O)[nH]c1=O. The quantitative estimate of drug-likeness (QED) is 0.631. The van der Waals surface area contributed by atoms with Crippen LogP contribution >= 0.6 is 23.2 Å². The minimum atomic E-state index is -0.900. The molecule has 30 heavy (non-hydrogen) atoms. The van der Waals surface area contributed by atoms with Crippen molar-refractivity contribution in [2.24, 2.45) is 0 Å². The summed E-state index contributed by atoms with van der Waals surface area (Å²) in [5.41, 5.74) is -0.839. The molecule has 1 aromatic heterocycles. The topological polar surface area (TPSA) is 139 Å². The van der Waals surface area contributed by atoms with Crippen LogP contribution in [0.2, 0.25) is 10.0 Å². The first kappa shape index (κ1) is 19.5. The summed E-state index contributed by atoms with van der Waals surface area (Å²) in [4.78, 5) is 36.8. The average Bonchev–Trinajstić information content (AvgIpc) is 2.70. The molecule has 0 bridgehead atoms. The highest BCUT2D eigenvalue weighted by Gasteiger charge is 2.18. The standard InChI is InChI=1S/C18H9Cl2N5O5/c19-11-4-9(25-17(27)23-16(26)14(6-21)24-25)5-12(20)15(11)30-10-1-2-13-8(3-10)7-29-18(28)22-13/h1-5H,7H2,(H,22,28)(H,23,26,27). The van der Waals surface area contributed by atoms with Crippen LogP contribution in [-0.4, -0.2) is 20.9 Å². The lowest BCUT2D eigenvalue weighted by Gasteiger charge is -2.18. The molecule has 10 nitrogen and oxygen atoms in total. The fourth-order valence-electron chi connectivity index (χ4n) is 2.70. The van der Waals surface area contributed by atoms with Crippen molar-refractivity contribution in [3.05, 3.63) is 72.5 Å². The Kier molecular flexibility index (Phi) is 4.91. The lowest BCUT2D eigenvalue weighted by atomic mass is 10.1. The van der Waals surface area contributed by atoms with Gasteiger partial charge < -0.3 is 9.47 Å². The van der Waals surface area contributed by atoms with Gasteiger partial charge in [0.15, 0.2) is 5.75 Å². The summed E-state index contributed by atoms with van der Waals surface area (Å²) in [6.07, 6.45) is -0.538. The molecular formula is C18H9Cl2N5O5. The van der Waals surface area contributed by atoms with Crippen LogP contribution in [0.15, 0.2) is 39.9 Å². The van der Waals surface area contributed by atoms with E-state index < -0.39 is 23.0 Å². The minimum absolute atomic E-state index is 0.0539. The maximum atomic E-state index is 12.0. The Balaban J connectivity index is 1.70. The number of rotatable bonds is 3. The highest BCUT2D eigenvalue weighted by Crippen LogP contribution is 2.39. The molecule has 3 aromatic rings. The third kappa shape index (κ3) is 3.59. The zero-order valence-electron chi connectivity index (χ0n) is 14.7. The number of halogens is 2. The van der Waals surface area contributed by atoms with Crippen molar-refractivity contribution in [1.29, 1.82) is 5.26 Å². The zero-order chi connectivity index (χ0) is 21.4.